The average molecular weight is 165 g/mol. The Labute approximate surface area is 69.8 Å². The van der Waals surface area contributed by atoms with E-state index in [2.05, 4.69) is 5.73 Å². The van der Waals surface area contributed by atoms with Crippen LogP contribution in [-0.2, 0) is 0 Å². The Morgan fingerprint density at radius 1 is 1.58 bits per heavy atom. The maximum atomic E-state index is 9.32. The van der Waals surface area contributed by atoms with Crippen LogP contribution in [0.1, 0.15) is 5.56 Å². The quantitative estimate of drug-likeness (QED) is 0.621. The third kappa shape index (κ3) is 1.31. The molecule has 0 saturated heterocycles. The zero-order valence-corrected chi connectivity index (χ0v) is 6.66. The van der Waals surface area contributed by atoms with Gasteiger partial charge in [0, 0.05) is 12.1 Å². The second-order valence-electron chi connectivity index (χ2n) is 2.30. The van der Waals surface area contributed by atoms with E-state index in [0.29, 0.717) is 11.3 Å². The summed E-state index contributed by atoms with van der Waals surface area (Å²) in [6.45, 7) is 0. The third-order valence-corrected chi connectivity index (χ3v) is 1.50. The van der Waals surface area contributed by atoms with Crippen molar-refractivity contribution < 1.29 is 15.6 Å². The first-order chi connectivity index (χ1) is 5.69. The van der Waals surface area contributed by atoms with Crippen molar-refractivity contribution in [3.8, 4) is 17.6 Å². The van der Waals surface area contributed by atoms with Crippen molar-refractivity contribution in [2.75, 3.05) is 7.11 Å². The standard InChI is InChI=1S/C8H8N2O2/c1-12-7-3-5(4-9)2-6(10)8(7)11/h2-3,11H,10H2,1H3/p+1. The average Bonchev–Trinajstić information content (AvgIpc) is 2.09. The molecule has 4 heteroatoms. The molecule has 62 valence electrons. The van der Waals surface area contributed by atoms with Crippen molar-refractivity contribution >= 4 is 5.69 Å². The molecule has 0 amide bonds. The minimum atomic E-state index is -0.0171. The highest BCUT2D eigenvalue weighted by molar-refractivity contribution is 5.58. The molecule has 0 aliphatic rings. The number of phenolic OH excluding ortho intramolecular Hbond substituents is 1. The highest BCUT2D eigenvalue weighted by atomic mass is 16.5. The molecule has 1 rings (SSSR count). The molecule has 4 N–H and O–H groups in total. The maximum Gasteiger partial charge on any atom is 0.220 e. The highest BCUT2D eigenvalue weighted by Gasteiger charge is 2.09. The molecule has 0 radical (unpaired) electrons. The van der Waals surface area contributed by atoms with Gasteiger partial charge >= 0.3 is 0 Å². The van der Waals surface area contributed by atoms with Crippen LogP contribution in [0.5, 0.6) is 11.5 Å². The largest absolute Gasteiger partial charge is 0.500 e. The number of aromatic hydroxyl groups is 1. The normalized spacial score (nSPS) is 9.08. The summed E-state index contributed by atoms with van der Waals surface area (Å²) in [6, 6.07) is 4.90. The summed E-state index contributed by atoms with van der Waals surface area (Å²) >= 11 is 0. The van der Waals surface area contributed by atoms with Crippen molar-refractivity contribution in [3.05, 3.63) is 17.7 Å². The van der Waals surface area contributed by atoms with Gasteiger partial charge < -0.3 is 15.6 Å². The molecule has 0 fully saturated rings. The van der Waals surface area contributed by atoms with E-state index in [0.717, 1.165) is 0 Å². The van der Waals surface area contributed by atoms with Gasteiger partial charge in [-0.3, -0.25) is 0 Å². The third-order valence-electron chi connectivity index (χ3n) is 1.50. The van der Waals surface area contributed by atoms with Gasteiger partial charge in [0.2, 0.25) is 5.75 Å². The number of nitriles is 1. The van der Waals surface area contributed by atoms with E-state index in [9.17, 15) is 5.11 Å². The molecule has 4 nitrogen and oxygen atoms in total. The van der Waals surface area contributed by atoms with E-state index >= 15 is 0 Å². The lowest BCUT2D eigenvalue weighted by molar-refractivity contribution is -0.256. The first kappa shape index (κ1) is 8.37. The molecule has 1 aromatic carbocycles. The molecule has 0 unspecified atom stereocenters. The fraction of sp³-hybridized carbons (Fsp3) is 0.125. The monoisotopic (exact) mass is 165 g/mol. The second kappa shape index (κ2) is 3.11. The molecular formula is C8H9N2O2+. The summed E-state index contributed by atoms with van der Waals surface area (Å²) in [7, 11) is 1.43. The smallest absolute Gasteiger partial charge is 0.220 e. The molecule has 1 aromatic rings. The maximum absolute atomic E-state index is 9.32. The van der Waals surface area contributed by atoms with Crippen molar-refractivity contribution in [3.63, 3.8) is 0 Å². The van der Waals surface area contributed by atoms with Gasteiger partial charge in [-0.25, -0.2) is 0 Å². The summed E-state index contributed by atoms with van der Waals surface area (Å²) in [5, 5.41) is 17.9. The molecular weight excluding hydrogens is 156 g/mol. The zero-order valence-electron chi connectivity index (χ0n) is 6.66. The molecule has 0 aliphatic heterocycles. The van der Waals surface area contributed by atoms with Crippen LogP contribution in [0.3, 0.4) is 0 Å². The van der Waals surface area contributed by atoms with Crippen molar-refractivity contribution in [2.45, 2.75) is 0 Å². The number of ether oxygens (including phenoxy) is 1. The van der Waals surface area contributed by atoms with Crippen molar-refractivity contribution in [1.82, 2.24) is 0 Å². The first-order valence-electron chi connectivity index (χ1n) is 3.32. The lowest BCUT2D eigenvalue weighted by Gasteiger charge is -2.02. The van der Waals surface area contributed by atoms with Crippen LogP contribution < -0.4 is 10.5 Å². The van der Waals surface area contributed by atoms with Gasteiger partial charge in [0.1, 0.15) is 0 Å². The van der Waals surface area contributed by atoms with E-state index in [1.165, 1.54) is 19.2 Å². The highest BCUT2D eigenvalue weighted by Crippen LogP contribution is 2.31. The topological polar surface area (TPSA) is 80.9 Å². The minimum absolute atomic E-state index is 0.0171. The van der Waals surface area contributed by atoms with Crippen LogP contribution in [0.15, 0.2) is 12.1 Å². The van der Waals surface area contributed by atoms with Crippen LogP contribution >= 0.6 is 0 Å². The summed E-state index contributed by atoms with van der Waals surface area (Å²) < 4.78 is 4.83. The molecule has 0 saturated carbocycles. The number of rotatable bonds is 1. The molecule has 0 bridgehead atoms. The second-order valence-corrected chi connectivity index (χ2v) is 2.30. The fourth-order valence-corrected chi connectivity index (χ4v) is 0.886. The molecule has 0 aliphatic carbocycles. The summed E-state index contributed by atoms with van der Waals surface area (Å²) in [5.74, 6) is 0.260. The Kier molecular flexibility index (Phi) is 2.17. The van der Waals surface area contributed by atoms with E-state index in [1.807, 2.05) is 6.07 Å². The van der Waals surface area contributed by atoms with Crippen LogP contribution in [0.25, 0.3) is 0 Å². The number of phenols is 1. The summed E-state index contributed by atoms with van der Waals surface area (Å²) in [6.07, 6.45) is 0. The Hall–Kier alpha value is -1.73. The molecule has 12 heavy (non-hydrogen) atoms. The van der Waals surface area contributed by atoms with E-state index in [-0.39, 0.29) is 11.5 Å². The lowest BCUT2D eigenvalue weighted by atomic mass is 10.2. The fourth-order valence-electron chi connectivity index (χ4n) is 0.886. The molecule has 0 aromatic heterocycles. The molecule has 0 heterocycles. The van der Waals surface area contributed by atoms with Crippen LogP contribution in [0, 0.1) is 11.3 Å². The predicted molar refractivity (Wildman–Crippen MR) is 41.9 cm³/mol. The number of benzene rings is 1. The Bertz CT molecular complexity index is 342. The Morgan fingerprint density at radius 2 is 2.25 bits per heavy atom. The van der Waals surface area contributed by atoms with Gasteiger partial charge in [-0.2, -0.15) is 5.26 Å². The van der Waals surface area contributed by atoms with Gasteiger partial charge in [-0.15, -0.1) is 0 Å². The van der Waals surface area contributed by atoms with Crippen LogP contribution in [0.4, 0.5) is 5.69 Å². The summed E-state index contributed by atoms with van der Waals surface area (Å²) in [4.78, 5) is 0. The van der Waals surface area contributed by atoms with Crippen molar-refractivity contribution in [2.24, 2.45) is 0 Å². The number of hydrogen-bond acceptors (Lipinski definition) is 3. The molecule has 0 atom stereocenters. The van der Waals surface area contributed by atoms with Gasteiger partial charge in [-0.1, -0.05) is 0 Å². The number of hydrogen-bond donors (Lipinski definition) is 2. The van der Waals surface area contributed by atoms with Crippen LogP contribution in [0.2, 0.25) is 0 Å². The van der Waals surface area contributed by atoms with Gasteiger partial charge in [0.15, 0.2) is 11.4 Å². The SMILES string of the molecule is COc1cc(C#N)cc([NH3+])c1O. The number of quaternary nitrogens is 1. The zero-order chi connectivity index (χ0) is 9.14. The summed E-state index contributed by atoms with van der Waals surface area (Å²) in [5.41, 5.74) is 4.38. The molecule has 0 spiro atoms. The number of nitrogens with zero attached hydrogens (tertiary/aromatic N) is 1. The van der Waals surface area contributed by atoms with Gasteiger partial charge in [0.25, 0.3) is 0 Å². The van der Waals surface area contributed by atoms with Gasteiger partial charge in [-0.05, 0) is 0 Å². The first-order valence-corrected chi connectivity index (χ1v) is 3.32. The van der Waals surface area contributed by atoms with Crippen molar-refractivity contribution in [1.29, 1.82) is 5.26 Å². The van der Waals surface area contributed by atoms with Gasteiger partial charge in [0.05, 0.1) is 18.7 Å². The van der Waals surface area contributed by atoms with E-state index in [1.54, 1.807) is 0 Å². The predicted octanol–water partition coefficient (Wildman–Crippen LogP) is 0.146. The lowest BCUT2D eigenvalue weighted by Crippen LogP contribution is -2.40. The Balaban J connectivity index is 3.31. The van der Waals surface area contributed by atoms with E-state index < -0.39 is 0 Å². The number of methoxy groups -OCH3 is 1. The Morgan fingerprint density at radius 3 is 2.75 bits per heavy atom. The minimum Gasteiger partial charge on any atom is -0.500 e. The van der Waals surface area contributed by atoms with Crippen LogP contribution in [-0.4, -0.2) is 12.2 Å². The van der Waals surface area contributed by atoms with E-state index in [4.69, 9.17) is 10.00 Å².